The van der Waals surface area contributed by atoms with E-state index in [-0.39, 0.29) is 12.5 Å². The van der Waals surface area contributed by atoms with E-state index in [0.29, 0.717) is 17.0 Å². The maximum Gasteiger partial charge on any atom is 0.327 e. The molecule has 0 bridgehead atoms. The summed E-state index contributed by atoms with van der Waals surface area (Å²) in [6, 6.07) is 8.91. The van der Waals surface area contributed by atoms with Gasteiger partial charge in [0.2, 0.25) is 0 Å². The highest BCUT2D eigenvalue weighted by atomic mass is 16.5. The molecule has 2 aromatic heterocycles. The van der Waals surface area contributed by atoms with Gasteiger partial charge in [-0.1, -0.05) is 24.3 Å². The van der Waals surface area contributed by atoms with Gasteiger partial charge in [0, 0.05) is 12.0 Å². The Morgan fingerprint density at radius 2 is 2.25 bits per heavy atom. The van der Waals surface area contributed by atoms with E-state index in [0.717, 1.165) is 17.7 Å². The molecule has 2 unspecified atom stereocenters. The molecule has 5 rings (SSSR count). The molecule has 3 aromatic rings. The highest BCUT2D eigenvalue weighted by molar-refractivity contribution is 5.86. The smallest absolute Gasteiger partial charge is 0.327 e. The first-order chi connectivity index (χ1) is 13.7. The second-order valence-corrected chi connectivity index (χ2v) is 7.79. The number of aryl methyl sites for hydroxylation is 1. The average molecular weight is 377 g/mol. The first kappa shape index (κ1) is 17.2. The number of ether oxygens (including phenoxy) is 1. The molecule has 0 aliphatic heterocycles. The molecular formula is C21H23N5O2. The van der Waals surface area contributed by atoms with Crippen molar-refractivity contribution in [3.8, 4) is 0 Å². The van der Waals surface area contributed by atoms with Crippen LogP contribution >= 0.6 is 0 Å². The third-order valence-electron chi connectivity index (χ3n) is 6.31. The van der Waals surface area contributed by atoms with E-state index >= 15 is 0 Å². The Balaban J connectivity index is 1.34. The zero-order valence-electron chi connectivity index (χ0n) is 15.9. The number of carbonyl (C=O) groups is 1. The lowest BCUT2D eigenvalue weighted by Gasteiger charge is -2.26. The fourth-order valence-electron chi connectivity index (χ4n) is 4.79. The number of methoxy groups -OCH3 is 1. The van der Waals surface area contributed by atoms with E-state index in [1.54, 1.807) is 16.4 Å². The second-order valence-electron chi connectivity index (χ2n) is 7.79. The minimum atomic E-state index is -0.353. The normalized spacial score (nSPS) is 22.8. The van der Waals surface area contributed by atoms with Crippen LogP contribution in [-0.4, -0.2) is 39.4 Å². The van der Waals surface area contributed by atoms with E-state index in [2.05, 4.69) is 44.6 Å². The fourth-order valence-corrected chi connectivity index (χ4v) is 4.79. The summed E-state index contributed by atoms with van der Waals surface area (Å²) in [4.78, 5) is 20.3. The minimum Gasteiger partial charge on any atom is -0.468 e. The molecule has 2 heterocycles. The Morgan fingerprint density at radius 1 is 1.36 bits per heavy atom. The summed E-state index contributed by atoms with van der Waals surface area (Å²) in [6.45, 7) is 0.918. The zero-order valence-corrected chi connectivity index (χ0v) is 15.9. The highest BCUT2D eigenvalue weighted by Gasteiger charge is 2.56. The number of nitrogens with one attached hydrogen (secondary N) is 1. The van der Waals surface area contributed by atoms with Crippen molar-refractivity contribution in [3.05, 3.63) is 47.9 Å². The first-order valence-corrected chi connectivity index (χ1v) is 9.77. The highest BCUT2D eigenvalue weighted by Crippen LogP contribution is 2.60. The van der Waals surface area contributed by atoms with Gasteiger partial charge in [-0.2, -0.15) is 5.10 Å². The van der Waals surface area contributed by atoms with Crippen LogP contribution in [0.5, 0.6) is 0 Å². The molecule has 28 heavy (non-hydrogen) atoms. The number of carbonyl (C=O) groups excluding carboxylic acids is 1. The Labute approximate surface area is 163 Å². The van der Waals surface area contributed by atoms with Gasteiger partial charge in [0.15, 0.2) is 5.65 Å². The molecule has 0 amide bonds. The summed E-state index contributed by atoms with van der Waals surface area (Å²) in [5.41, 5.74) is 4.04. The monoisotopic (exact) mass is 377 g/mol. The zero-order chi connectivity index (χ0) is 19.1. The lowest BCUT2D eigenvalue weighted by atomic mass is 9.78. The summed E-state index contributed by atoms with van der Waals surface area (Å²) < 4.78 is 6.27. The Bertz CT molecular complexity index is 1050. The number of esters is 1. The predicted molar refractivity (Wildman–Crippen MR) is 105 cm³/mol. The first-order valence-electron chi connectivity index (χ1n) is 9.77. The van der Waals surface area contributed by atoms with Crippen LogP contribution in [0.25, 0.3) is 11.0 Å². The van der Waals surface area contributed by atoms with Crippen molar-refractivity contribution >= 4 is 22.8 Å². The number of hydrogen-bond donors (Lipinski definition) is 1. The van der Waals surface area contributed by atoms with Crippen LogP contribution < -0.4 is 5.32 Å². The maximum absolute atomic E-state index is 11.6. The number of hydrogen-bond acceptors (Lipinski definition) is 6. The molecule has 0 saturated heterocycles. The van der Waals surface area contributed by atoms with E-state index in [4.69, 9.17) is 4.74 Å². The number of anilines is 1. The van der Waals surface area contributed by atoms with Gasteiger partial charge in [0.05, 0.1) is 18.7 Å². The van der Waals surface area contributed by atoms with Gasteiger partial charge >= 0.3 is 5.97 Å². The van der Waals surface area contributed by atoms with E-state index in [9.17, 15) is 4.79 Å². The third-order valence-corrected chi connectivity index (χ3v) is 6.31. The lowest BCUT2D eigenvalue weighted by molar-refractivity contribution is -0.141. The average Bonchev–Trinajstić information content (AvgIpc) is 3.26. The van der Waals surface area contributed by atoms with Crippen LogP contribution in [0.2, 0.25) is 0 Å². The Hall–Kier alpha value is -2.96. The van der Waals surface area contributed by atoms with Crippen molar-refractivity contribution in [2.45, 2.75) is 37.6 Å². The molecule has 1 fully saturated rings. The third kappa shape index (κ3) is 2.73. The van der Waals surface area contributed by atoms with Crippen molar-refractivity contribution in [2.24, 2.45) is 5.92 Å². The van der Waals surface area contributed by atoms with Crippen LogP contribution in [0.3, 0.4) is 0 Å². The maximum atomic E-state index is 11.6. The van der Waals surface area contributed by atoms with Gasteiger partial charge < -0.3 is 10.1 Å². The molecule has 1 aromatic carbocycles. The molecule has 144 valence electrons. The molecule has 1 saturated carbocycles. The lowest BCUT2D eigenvalue weighted by Crippen LogP contribution is -2.21. The SMILES string of the molecule is COC(=O)Cn1ncc2c(NCC3CC34CCCc3ccccc34)ncnc21. The molecule has 7 heteroatoms. The van der Waals surface area contributed by atoms with Gasteiger partial charge in [-0.15, -0.1) is 0 Å². The number of rotatable bonds is 5. The largest absolute Gasteiger partial charge is 0.468 e. The number of benzene rings is 1. The predicted octanol–water partition coefficient (Wildman–Crippen LogP) is 2.71. The standard InChI is InChI=1S/C21H23N5O2/c1-28-18(27)12-26-20-16(11-25-26)19(23-13-24-20)22-10-15-9-21(15)8-4-6-14-5-2-3-7-17(14)21/h2-3,5,7,11,13,15H,4,6,8-10,12H2,1H3,(H,22,23,24). The molecule has 2 aliphatic rings. The quantitative estimate of drug-likeness (QED) is 0.689. The topological polar surface area (TPSA) is 81.9 Å². The van der Waals surface area contributed by atoms with Crippen molar-refractivity contribution in [2.75, 3.05) is 19.0 Å². The van der Waals surface area contributed by atoms with Gasteiger partial charge in [0.1, 0.15) is 18.7 Å². The molecule has 1 spiro atoms. The van der Waals surface area contributed by atoms with Crippen molar-refractivity contribution in [3.63, 3.8) is 0 Å². The van der Waals surface area contributed by atoms with E-state index in [1.807, 2.05) is 0 Å². The number of aromatic nitrogens is 4. The van der Waals surface area contributed by atoms with Crippen LogP contribution in [-0.2, 0) is 27.9 Å². The van der Waals surface area contributed by atoms with Gasteiger partial charge in [-0.05, 0) is 42.7 Å². The van der Waals surface area contributed by atoms with E-state index in [1.165, 1.54) is 44.7 Å². The summed E-state index contributed by atoms with van der Waals surface area (Å²) >= 11 is 0. The molecular weight excluding hydrogens is 354 g/mol. The van der Waals surface area contributed by atoms with Crippen LogP contribution in [0.4, 0.5) is 5.82 Å². The van der Waals surface area contributed by atoms with Crippen molar-refractivity contribution in [1.82, 2.24) is 19.7 Å². The Kier molecular flexibility index (Phi) is 4.03. The summed E-state index contributed by atoms with van der Waals surface area (Å²) in [5, 5.41) is 8.61. The van der Waals surface area contributed by atoms with Gasteiger partial charge in [0.25, 0.3) is 0 Å². The van der Waals surface area contributed by atoms with Crippen molar-refractivity contribution < 1.29 is 9.53 Å². The minimum absolute atomic E-state index is 0.0406. The number of fused-ring (bicyclic) bond motifs is 3. The number of nitrogens with zero attached hydrogens (tertiary/aromatic N) is 4. The molecule has 0 radical (unpaired) electrons. The van der Waals surface area contributed by atoms with Crippen LogP contribution in [0, 0.1) is 5.92 Å². The van der Waals surface area contributed by atoms with Crippen molar-refractivity contribution in [1.29, 1.82) is 0 Å². The second kappa shape index (κ2) is 6.58. The summed E-state index contributed by atoms with van der Waals surface area (Å²) in [6.07, 6.45) is 8.19. The molecule has 2 aliphatic carbocycles. The Morgan fingerprint density at radius 3 is 3.14 bits per heavy atom. The molecule has 7 nitrogen and oxygen atoms in total. The fraction of sp³-hybridized carbons (Fsp3) is 0.429. The van der Waals surface area contributed by atoms with Crippen LogP contribution in [0.15, 0.2) is 36.8 Å². The molecule has 1 N–H and O–H groups in total. The van der Waals surface area contributed by atoms with Crippen LogP contribution in [0.1, 0.15) is 30.4 Å². The van der Waals surface area contributed by atoms with E-state index < -0.39 is 0 Å². The molecule has 2 atom stereocenters. The summed E-state index contributed by atoms with van der Waals surface area (Å²) in [5.74, 6) is 1.03. The van der Waals surface area contributed by atoms with Gasteiger partial charge in [-0.25, -0.2) is 14.6 Å². The summed E-state index contributed by atoms with van der Waals surface area (Å²) in [7, 11) is 1.37. The van der Waals surface area contributed by atoms with Gasteiger partial charge in [-0.3, -0.25) is 4.79 Å².